The van der Waals surface area contributed by atoms with E-state index >= 15 is 0 Å². The Kier molecular flexibility index (Phi) is 5.51. The summed E-state index contributed by atoms with van der Waals surface area (Å²) in [6.45, 7) is 0. The minimum Gasteiger partial charge on any atom is -0.373 e. The van der Waals surface area contributed by atoms with Crippen LogP contribution in [0.1, 0.15) is 37.6 Å². The summed E-state index contributed by atoms with van der Waals surface area (Å²) in [5.41, 5.74) is 11.3. The number of fused-ring (bicyclic) bond motifs is 1. The summed E-state index contributed by atoms with van der Waals surface area (Å²) in [5, 5.41) is 15.0. The van der Waals surface area contributed by atoms with E-state index in [-0.39, 0.29) is 12.1 Å². The number of nitrogens with two attached hydrogens (primary N) is 1. The molecule has 1 fully saturated rings. The molecule has 4 aromatic rings. The van der Waals surface area contributed by atoms with Crippen molar-refractivity contribution < 1.29 is 5.11 Å². The Balaban J connectivity index is 1.37. The van der Waals surface area contributed by atoms with Crippen molar-refractivity contribution in [1.82, 2.24) is 20.3 Å². The van der Waals surface area contributed by atoms with Gasteiger partial charge in [-0.3, -0.25) is 5.32 Å². The van der Waals surface area contributed by atoms with Crippen molar-refractivity contribution in [2.45, 2.75) is 44.0 Å². The summed E-state index contributed by atoms with van der Waals surface area (Å²) < 4.78 is 0. The molecule has 1 unspecified atom stereocenters. The first kappa shape index (κ1) is 19.9. The molecule has 0 radical (unpaired) electrons. The summed E-state index contributed by atoms with van der Waals surface area (Å²) in [7, 11) is 0. The molecule has 0 spiro atoms. The van der Waals surface area contributed by atoms with E-state index in [2.05, 4.69) is 39.6 Å². The number of aliphatic hydroxyl groups is 1. The smallest absolute Gasteiger partial charge is 0.148 e. The van der Waals surface area contributed by atoms with Crippen LogP contribution in [0, 0.1) is 0 Å². The Morgan fingerprint density at radius 1 is 0.968 bits per heavy atom. The second-order valence-corrected chi connectivity index (χ2v) is 8.34. The van der Waals surface area contributed by atoms with E-state index in [1.807, 2.05) is 42.6 Å². The lowest BCUT2D eigenvalue weighted by molar-refractivity contribution is 0.108. The van der Waals surface area contributed by atoms with Crippen LogP contribution in [0.15, 0.2) is 66.9 Å². The molecule has 6 nitrogen and oxygen atoms in total. The zero-order valence-electron chi connectivity index (χ0n) is 17.3. The molecule has 158 valence electrons. The number of hydrogen-bond donors (Lipinski definition) is 4. The van der Waals surface area contributed by atoms with Gasteiger partial charge in [0.15, 0.2) is 0 Å². The predicted octanol–water partition coefficient (Wildman–Crippen LogP) is 4.14. The maximum absolute atomic E-state index is 10.7. The van der Waals surface area contributed by atoms with Crippen LogP contribution in [0.5, 0.6) is 0 Å². The van der Waals surface area contributed by atoms with Crippen molar-refractivity contribution in [1.29, 1.82) is 0 Å². The van der Waals surface area contributed by atoms with Crippen LogP contribution < -0.4 is 11.1 Å². The Labute approximate surface area is 181 Å². The Bertz CT molecular complexity index is 1160. The summed E-state index contributed by atoms with van der Waals surface area (Å²) >= 11 is 0. The average Bonchev–Trinajstić information content (AvgIpc) is 3.25. The molecule has 6 heteroatoms. The molecule has 1 aliphatic rings. The monoisotopic (exact) mass is 413 g/mol. The maximum atomic E-state index is 10.7. The number of pyridine rings is 2. The molecular formula is C25H27N5O. The fourth-order valence-electron chi connectivity index (χ4n) is 4.29. The lowest BCUT2D eigenvalue weighted by Crippen LogP contribution is -2.39. The highest BCUT2D eigenvalue weighted by Crippen LogP contribution is 2.27. The lowest BCUT2D eigenvalue weighted by atomic mass is 9.91. The van der Waals surface area contributed by atoms with Gasteiger partial charge in [-0.2, -0.15) is 0 Å². The zero-order valence-corrected chi connectivity index (χ0v) is 17.3. The van der Waals surface area contributed by atoms with Crippen molar-refractivity contribution in [3.8, 4) is 22.5 Å². The van der Waals surface area contributed by atoms with Crippen molar-refractivity contribution in [3.63, 3.8) is 0 Å². The number of aliphatic hydroxyl groups excluding tert-OH is 1. The van der Waals surface area contributed by atoms with E-state index in [1.165, 1.54) is 0 Å². The van der Waals surface area contributed by atoms with E-state index in [1.54, 1.807) is 0 Å². The first-order valence-corrected chi connectivity index (χ1v) is 10.9. The Morgan fingerprint density at radius 2 is 1.77 bits per heavy atom. The molecule has 1 aliphatic carbocycles. The molecule has 5 N–H and O–H groups in total. The molecule has 1 atom stereocenters. The molecule has 1 saturated carbocycles. The Morgan fingerprint density at radius 3 is 2.58 bits per heavy atom. The summed E-state index contributed by atoms with van der Waals surface area (Å²) in [5.74, 6) is 0. The molecule has 0 saturated heterocycles. The van der Waals surface area contributed by atoms with Crippen LogP contribution >= 0.6 is 0 Å². The third-order valence-corrected chi connectivity index (χ3v) is 6.07. The van der Waals surface area contributed by atoms with Crippen molar-refractivity contribution >= 4 is 11.0 Å². The number of hydrogen-bond acceptors (Lipinski definition) is 5. The van der Waals surface area contributed by atoms with Gasteiger partial charge in [-0.1, -0.05) is 36.4 Å². The van der Waals surface area contributed by atoms with Crippen LogP contribution in [-0.4, -0.2) is 32.1 Å². The number of rotatable bonds is 5. The molecule has 3 aromatic heterocycles. The third kappa shape index (κ3) is 4.37. The lowest BCUT2D eigenvalue weighted by Gasteiger charge is -2.28. The highest BCUT2D eigenvalue weighted by Gasteiger charge is 2.21. The zero-order chi connectivity index (χ0) is 21.2. The van der Waals surface area contributed by atoms with Gasteiger partial charge in [0, 0.05) is 34.9 Å². The van der Waals surface area contributed by atoms with Crippen molar-refractivity contribution in [2.75, 3.05) is 0 Å². The van der Waals surface area contributed by atoms with E-state index < -0.39 is 6.23 Å². The van der Waals surface area contributed by atoms with Gasteiger partial charge in [-0.25, -0.2) is 9.97 Å². The van der Waals surface area contributed by atoms with Gasteiger partial charge >= 0.3 is 0 Å². The highest BCUT2D eigenvalue weighted by molar-refractivity contribution is 5.86. The number of benzene rings is 1. The Hall–Kier alpha value is -3.06. The highest BCUT2D eigenvalue weighted by atomic mass is 16.3. The molecule has 3 heterocycles. The molecule has 5 rings (SSSR count). The van der Waals surface area contributed by atoms with Crippen LogP contribution in [-0.2, 0) is 0 Å². The number of aromatic amines is 1. The summed E-state index contributed by atoms with van der Waals surface area (Å²) in [6, 6.07) is 20.7. The standard InChI is InChI=1S/C25H27N5O/c26-19-9-11-20(12-10-19)28-25(31)22-8-4-7-21(29-22)18-13-17-14-23(30-24(17)27-15-18)16-5-2-1-3-6-16/h1-8,13-15,19-20,25,28,31H,9-12,26H2,(H,27,30). The second kappa shape index (κ2) is 8.59. The number of nitrogens with zero attached hydrogens (tertiary/aromatic N) is 2. The van der Waals surface area contributed by atoms with E-state index in [4.69, 9.17) is 10.7 Å². The van der Waals surface area contributed by atoms with Gasteiger partial charge in [-0.05, 0) is 55.5 Å². The van der Waals surface area contributed by atoms with Gasteiger partial charge in [0.05, 0.1) is 11.4 Å². The molecule has 0 amide bonds. The van der Waals surface area contributed by atoms with Crippen LogP contribution in [0.4, 0.5) is 0 Å². The van der Waals surface area contributed by atoms with Crippen molar-refractivity contribution in [2.24, 2.45) is 5.73 Å². The summed E-state index contributed by atoms with van der Waals surface area (Å²) in [4.78, 5) is 12.7. The second-order valence-electron chi connectivity index (χ2n) is 8.34. The van der Waals surface area contributed by atoms with Crippen LogP contribution in [0.25, 0.3) is 33.5 Å². The summed E-state index contributed by atoms with van der Waals surface area (Å²) in [6.07, 6.45) is 4.97. The predicted molar refractivity (Wildman–Crippen MR) is 123 cm³/mol. The van der Waals surface area contributed by atoms with Crippen LogP contribution in [0.2, 0.25) is 0 Å². The number of H-pyrrole nitrogens is 1. The van der Waals surface area contributed by atoms with Gasteiger partial charge in [0.25, 0.3) is 0 Å². The van der Waals surface area contributed by atoms with E-state index in [9.17, 15) is 5.11 Å². The topological polar surface area (TPSA) is 99.9 Å². The van der Waals surface area contributed by atoms with E-state index in [0.29, 0.717) is 5.69 Å². The van der Waals surface area contributed by atoms with Gasteiger partial charge in [0.2, 0.25) is 0 Å². The van der Waals surface area contributed by atoms with Gasteiger partial charge in [-0.15, -0.1) is 0 Å². The minimum atomic E-state index is -0.798. The molecule has 0 aliphatic heterocycles. The first-order chi connectivity index (χ1) is 15.2. The molecule has 31 heavy (non-hydrogen) atoms. The molecule has 0 bridgehead atoms. The minimum absolute atomic E-state index is 0.273. The fraction of sp³-hybridized carbons (Fsp3) is 0.280. The van der Waals surface area contributed by atoms with Crippen molar-refractivity contribution in [3.05, 3.63) is 72.6 Å². The quantitative estimate of drug-likeness (QED) is 0.369. The molecular weight excluding hydrogens is 386 g/mol. The van der Waals surface area contributed by atoms with Gasteiger partial charge in [0.1, 0.15) is 11.9 Å². The fourth-order valence-corrected chi connectivity index (χ4v) is 4.29. The first-order valence-electron chi connectivity index (χ1n) is 10.9. The SMILES string of the molecule is NC1CCC(NC(O)c2cccc(-c3cnc4[nH]c(-c5ccccc5)cc4c3)n2)CC1. The normalized spacial score (nSPS) is 20.1. The van der Waals surface area contributed by atoms with Crippen LogP contribution in [0.3, 0.4) is 0 Å². The number of aromatic nitrogens is 3. The maximum Gasteiger partial charge on any atom is 0.148 e. The van der Waals surface area contributed by atoms with E-state index in [0.717, 1.165) is 59.2 Å². The average molecular weight is 414 g/mol. The number of nitrogens with one attached hydrogen (secondary N) is 2. The molecule has 1 aromatic carbocycles. The largest absolute Gasteiger partial charge is 0.373 e. The van der Waals surface area contributed by atoms with Gasteiger partial charge < -0.3 is 15.8 Å². The third-order valence-electron chi connectivity index (χ3n) is 6.07.